The Hall–Kier alpha value is -2.00. The van der Waals surface area contributed by atoms with E-state index in [9.17, 15) is 18.0 Å². The molecule has 34 heavy (non-hydrogen) atoms. The van der Waals surface area contributed by atoms with Crippen LogP contribution in [-0.4, -0.2) is 50.0 Å². The van der Waals surface area contributed by atoms with Gasteiger partial charge in [-0.15, -0.1) is 0 Å². The number of sulfonamides is 1. The minimum atomic E-state index is -3.90. The first kappa shape index (κ1) is 28.2. The Kier molecular flexibility index (Phi) is 10.1. The number of benzene rings is 2. The number of hydrogen-bond donors (Lipinski definition) is 1. The van der Waals surface area contributed by atoms with Gasteiger partial charge in [0.2, 0.25) is 21.8 Å². The molecule has 0 fully saturated rings. The summed E-state index contributed by atoms with van der Waals surface area (Å²) in [5.41, 5.74) is 0.729. The van der Waals surface area contributed by atoms with Crippen LogP contribution in [0, 0.1) is 0 Å². The molecule has 0 radical (unpaired) electrons. The standard InChI is InChI=1S/C23H28Cl3N3O4S/c1-5-15(2)27-23(31)16(3)28(13-17-8-6-7-9-19(17)25)22(30)14-29(34(4,32)33)21-11-10-18(24)12-20(21)26/h6-12,15-16H,5,13-14H2,1-4H3,(H,27,31). The van der Waals surface area contributed by atoms with Crippen LogP contribution in [-0.2, 0) is 26.2 Å². The van der Waals surface area contributed by atoms with Gasteiger partial charge < -0.3 is 10.2 Å². The van der Waals surface area contributed by atoms with Gasteiger partial charge in [0.1, 0.15) is 12.6 Å². The SMILES string of the molecule is CCC(C)NC(=O)C(C)N(Cc1ccccc1Cl)C(=O)CN(c1ccc(Cl)cc1Cl)S(C)(=O)=O. The van der Waals surface area contributed by atoms with Gasteiger partial charge in [0.25, 0.3) is 0 Å². The second kappa shape index (κ2) is 12.1. The normalized spacial score (nSPS) is 13.1. The van der Waals surface area contributed by atoms with Crippen LogP contribution in [0.15, 0.2) is 42.5 Å². The lowest BCUT2D eigenvalue weighted by Crippen LogP contribution is -2.52. The molecular weight excluding hydrogens is 521 g/mol. The molecule has 1 N–H and O–H groups in total. The highest BCUT2D eigenvalue weighted by Crippen LogP contribution is 2.30. The number of hydrogen-bond acceptors (Lipinski definition) is 4. The molecule has 2 unspecified atom stereocenters. The maximum atomic E-state index is 13.5. The fraction of sp³-hybridized carbons (Fsp3) is 0.391. The van der Waals surface area contributed by atoms with Crippen molar-refractivity contribution >= 4 is 62.3 Å². The Bertz CT molecular complexity index is 1140. The molecule has 0 aromatic heterocycles. The van der Waals surface area contributed by atoms with Crippen LogP contribution in [0.2, 0.25) is 15.1 Å². The maximum Gasteiger partial charge on any atom is 0.244 e. The number of anilines is 1. The van der Waals surface area contributed by atoms with Crippen LogP contribution in [0.25, 0.3) is 0 Å². The van der Waals surface area contributed by atoms with Gasteiger partial charge in [-0.2, -0.15) is 0 Å². The summed E-state index contributed by atoms with van der Waals surface area (Å²) in [5.74, 6) is -0.951. The third kappa shape index (κ3) is 7.50. The average Bonchev–Trinajstić information content (AvgIpc) is 2.76. The Labute approximate surface area is 216 Å². The van der Waals surface area contributed by atoms with Crippen molar-refractivity contribution in [1.82, 2.24) is 10.2 Å². The molecule has 0 aliphatic rings. The van der Waals surface area contributed by atoms with E-state index in [2.05, 4.69) is 5.32 Å². The minimum Gasteiger partial charge on any atom is -0.352 e. The van der Waals surface area contributed by atoms with Crippen LogP contribution in [0.1, 0.15) is 32.8 Å². The second-order valence-corrected chi connectivity index (χ2v) is 11.1. The number of amides is 2. The third-order valence-corrected chi connectivity index (χ3v) is 7.36. The summed E-state index contributed by atoms with van der Waals surface area (Å²) in [7, 11) is -3.90. The predicted molar refractivity (Wildman–Crippen MR) is 138 cm³/mol. The van der Waals surface area contributed by atoms with Crippen molar-refractivity contribution in [3.8, 4) is 0 Å². The fourth-order valence-electron chi connectivity index (χ4n) is 3.14. The predicted octanol–water partition coefficient (Wildman–Crippen LogP) is 4.74. The summed E-state index contributed by atoms with van der Waals surface area (Å²) in [4.78, 5) is 27.7. The molecule has 0 saturated heterocycles. The number of nitrogens with zero attached hydrogens (tertiary/aromatic N) is 2. The highest BCUT2D eigenvalue weighted by molar-refractivity contribution is 7.92. The third-order valence-electron chi connectivity index (χ3n) is 5.32. The van der Waals surface area contributed by atoms with Crippen molar-refractivity contribution in [1.29, 1.82) is 0 Å². The summed E-state index contributed by atoms with van der Waals surface area (Å²) in [6, 6.07) is 10.3. The Morgan fingerprint density at radius 2 is 1.68 bits per heavy atom. The zero-order valence-corrected chi connectivity index (χ0v) is 22.5. The molecule has 11 heteroatoms. The number of halogens is 3. The van der Waals surface area contributed by atoms with Crippen molar-refractivity contribution in [3.63, 3.8) is 0 Å². The van der Waals surface area contributed by atoms with E-state index in [0.29, 0.717) is 22.0 Å². The van der Waals surface area contributed by atoms with Gasteiger partial charge in [0, 0.05) is 22.6 Å². The van der Waals surface area contributed by atoms with E-state index >= 15 is 0 Å². The molecule has 0 bridgehead atoms. The van der Waals surface area contributed by atoms with Crippen molar-refractivity contribution in [3.05, 3.63) is 63.1 Å². The van der Waals surface area contributed by atoms with Crippen molar-refractivity contribution in [2.24, 2.45) is 0 Å². The van der Waals surface area contributed by atoms with Gasteiger partial charge in [-0.1, -0.05) is 59.9 Å². The monoisotopic (exact) mass is 547 g/mol. The Morgan fingerprint density at radius 1 is 1.03 bits per heavy atom. The van der Waals surface area contributed by atoms with E-state index in [1.807, 2.05) is 13.8 Å². The quantitative estimate of drug-likeness (QED) is 0.464. The van der Waals surface area contributed by atoms with Crippen LogP contribution < -0.4 is 9.62 Å². The molecule has 0 aliphatic carbocycles. The summed E-state index contributed by atoms with van der Waals surface area (Å²) < 4.78 is 26.1. The summed E-state index contributed by atoms with van der Waals surface area (Å²) in [6.07, 6.45) is 1.69. The fourth-order valence-corrected chi connectivity index (χ4v) is 4.75. The van der Waals surface area contributed by atoms with E-state index in [4.69, 9.17) is 34.8 Å². The van der Waals surface area contributed by atoms with E-state index in [0.717, 1.165) is 10.6 Å². The molecule has 2 atom stereocenters. The van der Waals surface area contributed by atoms with E-state index in [1.54, 1.807) is 31.2 Å². The van der Waals surface area contributed by atoms with E-state index in [1.165, 1.54) is 23.1 Å². The Morgan fingerprint density at radius 3 is 2.24 bits per heavy atom. The van der Waals surface area contributed by atoms with Crippen LogP contribution in [0.3, 0.4) is 0 Å². The van der Waals surface area contributed by atoms with Gasteiger partial charge in [-0.3, -0.25) is 13.9 Å². The minimum absolute atomic E-state index is 0.0134. The molecule has 7 nitrogen and oxygen atoms in total. The van der Waals surface area contributed by atoms with Crippen molar-refractivity contribution in [2.45, 2.75) is 45.8 Å². The molecule has 2 amide bonds. The molecule has 2 aromatic rings. The van der Waals surface area contributed by atoms with Crippen LogP contribution in [0.4, 0.5) is 5.69 Å². The summed E-state index contributed by atoms with van der Waals surface area (Å²) in [5, 5.41) is 3.69. The largest absolute Gasteiger partial charge is 0.352 e. The first-order valence-corrected chi connectivity index (χ1v) is 13.6. The summed E-state index contributed by atoms with van der Waals surface area (Å²) >= 11 is 18.5. The smallest absolute Gasteiger partial charge is 0.244 e. The zero-order valence-electron chi connectivity index (χ0n) is 19.4. The van der Waals surface area contributed by atoms with Crippen LogP contribution in [0.5, 0.6) is 0 Å². The topological polar surface area (TPSA) is 86.8 Å². The molecule has 2 aromatic carbocycles. The summed E-state index contributed by atoms with van der Waals surface area (Å²) in [6.45, 7) is 4.83. The first-order valence-electron chi connectivity index (χ1n) is 10.6. The highest BCUT2D eigenvalue weighted by Gasteiger charge is 2.31. The van der Waals surface area contributed by atoms with E-state index in [-0.39, 0.29) is 29.2 Å². The number of carbonyl (C=O) groups is 2. The van der Waals surface area contributed by atoms with E-state index < -0.39 is 28.5 Å². The maximum absolute atomic E-state index is 13.5. The second-order valence-electron chi connectivity index (χ2n) is 7.97. The van der Waals surface area contributed by atoms with Crippen LogP contribution >= 0.6 is 34.8 Å². The lowest BCUT2D eigenvalue weighted by atomic mass is 10.1. The molecule has 186 valence electrons. The zero-order chi connectivity index (χ0) is 25.6. The van der Waals surface area contributed by atoms with Gasteiger partial charge in [0.15, 0.2) is 0 Å². The molecule has 2 rings (SSSR count). The number of carbonyl (C=O) groups excluding carboxylic acids is 2. The molecule has 0 heterocycles. The first-order chi connectivity index (χ1) is 15.8. The van der Waals surface area contributed by atoms with Gasteiger partial charge in [-0.25, -0.2) is 8.42 Å². The number of rotatable bonds is 10. The van der Waals surface area contributed by atoms with Gasteiger partial charge in [-0.05, 0) is 50.1 Å². The molecule has 0 saturated carbocycles. The van der Waals surface area contributed by atoms with Gasteiger partial charge >= 0.3 is 0 Å². The lowest BCUT2D eigenvalue weighted by Gasteiger charge is -2.32. The van der Waals surface area contributed by atoms with Gasteiger partial charge in [0.05, 0.1) is 17.0 Å². The van der Waals surface area contributed by atoms with Crippen molar-refractivity contribution < 1.29 is 18.0 Å². The van der Waals surface area contributed by atoms with Crippen molar-refractivity contribution in [2.75, 3.05) is 17.1 Å². The molecule has 0 aliphatic heterocycles. The Balaban J connectivity index is 2.43. The average molecular weight is 549 g/mol. The molecule has 0 spiro atoms. The number of nitrogens with one attached hydrogen (secondary N) is 1. The highest BCUT2D eigenvalue weighted by atomic mass is 35.5. The molecular formula is C23H28Cl3N3O4S. The lowest BCUT2D eigenvalue weighted by molar-refractivity contribution is -0.139.